The first-order valence-electron chi connectivity index (χ1n) is 8.99. The Morgan fingerprint density at radius 1 is 1.04 bits per heavy atom. The molecule has 27 heavy (non-hydrogen) atoms. The third kappa shape index (κ3) is 2.79. The summed E-state index contributed by atoms with van der Waals surface area (Å²) in [6.07, 6.45) is 3.69. The number of benzene rings is 2. The van der Waals surface area contributed by atoms with Crippen LogP contribution in [-0.2, 0) is 0 Å². The van der Waals surface area contributed by atoms with E-state index >= 15 is 0 Å². The van der Waals surface area contributed by atoms with Gasteiger partial charge in [-0.15, -0.1) is 0 Å². The minimum absolute atomic E-state index is 0.0478. The van der Waals surface area contributed by atoms with Crippen LogP contribution in [0.2, 0.25) is 0 Å². The molecule has 0 bridgehead atoms. The first-order chi connectivity index (χ1) is 13.3. The van der Waals surface area contributed by atoms with E-state index in [1.807, 2.05) is 41.3 Å². The molecule has 0 unspecified atom stereocenters. The average molecular weight is 359 g/mol. The van der Waals surface area contributed by atoms with E-state index in [0.717, 1.165) is 36.9 Å². The van der Waals surface area contributed by atoms with Crippen molar-refractivity contribution in [2.75, 3.05) is 13.1 Å². The number of nitrogens with zero attached hydrogens (tertiary/aromatic N) is 3. The van der Waals surface area contributed by atoms with Crippen LogP contribution in [0.3, 0.4) is 0 Å². The molecular weight excluding hydrogens is 342 g/mol. The number of oxazole rings is 1. The number of likely N-dealkylation sites (tertiary alicyclic amines) is 1. The molecule has 4 aromatic rings. The Hall–Kier alpha value is -3.41. The van der Waals surface area contributed by atoms with Gasteiger partial charge in [0.2, 0.25) is 5.89 Å². The predicted molar refractivity (Wildman–Crippen MR) is 100 cm³/mol. The van der Waals surface area contributed by atoms with Crippen LogP contribution in [0, 0.1) is 0 Å². The van der Waals surface area contributed by atoms with Crippen LogP contribution < -0.4 is 0 Å². The lowest BCUT2D eigenvalue weighted by Crippen LogP contribution is -2.27. The molecule has 3 heterocycles. The van der Waals surface area contributed by atoms with E-state index in [4.69, 9.17) is 8.94 Å². The van der Waals surface area contributed by atoms with Crippen LogP contribution in [0.4, 0.5) is 0 Å². The van der Waals surface area contributed by atoms with Crippen molar-refractivity contribution in [3.05, 3.63) is 60.4 Å². The summed E-state index contributed by atoms with van der Waals surface area (Å²) in [6, 6.07) is 15.1. The predicted octanol–water partition coefficient (Wildman–Crippen LogP) is 4.39. The normalized spacial score (nSPS) is 14.1. The maximum atomic E-state index is 12.7. The average Bonchev–Trinajstić information content (AvgIpc) is 3.47. The number of fused-ring (bicyclic) bond motifs is 1. The third-order valence-electron chi connectivity index (χ3n) is 4.88. The zero-order valence-electron chi connectivity index (χ0n) is 14.6. The van der Waals surface area contributed by atoms with Crippen LogP contribution in [0.25, 0.3) is 33.8 Å². The molecular formula is C21H17N3O3. The highest BCUT2D eigenvalue weighted by Gasteiger charge is 2.22. The molecule has 0 N–H and O–H groups in total. The van der Waals surface area contributed by atoms with Gasteiger partial charge < -0.3 is 13.8 Å². The Labute approximate surface area is 155 Å². The van der Waals surface area contributed by atoms with E-state index in [0.29, 0.717) is 28.4 Å². The summed E-state index contributed by atoms with van der Waals surface area (Å²) in [4.78, 5) is 19.1. The van der Waals surface area contributed by atoms with Gasteiger partial charge in [0.25, 0.3) is 5.91 Å². The van der Waals surface area contributed by atoms with Gasteiger partial charge in [-0.2, -0.15) is 0 Å². The fraction of sp³-hybridized carbons (Fsp3) is 0.190. The molecule has 134 valence electrons. The molecule has 0 aliphatic carbocycles. The molecule has 5 rings (SSSR count). The number of carbonyl (C=O) groups is 1. The van der Waals surface area contributed by atoms with E-state index in [-0.39, 0.29) is 5.91 Å². The Balaban J connectivity index is 1.53. The number of rotatable bonds is 3. The van der Waals surface area contributed by atoms with Crippen molar-refractivity contribution >= 4 is 16.9 Å². The smallest absolute Gasteiger partial charge is 0.253 e. The largest absolute Gasteiger partial charge is 0.444 e. The summed E-state index contributed by atoms with van der Waals surface area (Å²) in [5, 5.41) is 4.91. The van der Waals surface area contributed by atoms with Gasteiger partial charge >= 0.3 is 0 Å². The zero-order chi connectivity index (χ0) is 18.2. The fourth-order valence-electron chi connectivity index (χ4n) is 3.46. The zero-order valence-corrected chi connectivity index (χ0v) is 14.6. The summed E-state index contributed by atoms with van der Waals surface area (Å²) in [5.74, 6) is 0.567. The van der Waals surface area contributed by atoms with Crippen molar-refractivity contribution in [2.24, 2.45) is 0 Å². The molecule has 0 radical (unpaired) electrons. The third-order valence-corrected chi connectivity index (χ3v) is 4.88. The van der Waals surface area contributed by atoms with Gasteiger partial charge in [0.15, 0.2) is 5.58 Å². The van der Waals surface area contributed by atoms with Gasteiger partial charge in [0, 0.05) is 24.2 Å². The molecule has 0 saturated carbocycles. The highest BCUT2D eigenvalue weighted by molar-refractivity contribution is 6.00. The number of hydrogen-bond donors (Lipinski definition) is 0. The molecule has 6 nitrogen and oxygen atoms in total. The summed E-state index contributed by atoms with van der Waals surface area (Å²) < 4.78 is 11.0. The summed E-state index contributed by atoms with van der Waals surface area (Å²) >= 11 is 0. The Kier molecular flexibility index (Phi) is 3.74. The molecule has 1 saturated heterocycles. The minimum Gasteiger partial charge on any atom is -0.444 e. The first-order valence-corrected chi connectivity index (χ1v) is 8.99. The van der Waals surface area contributed by atoms with E-state index in [2.05, 4.69) is 10.1 Å². The molecule has 1 aliphatic heterocycles. The van der Waals surface area contributed by atoms with Gasteiger partial charge in [-0.3, -0.25) is 4.79 Å². The van der Waals surface area contributed by atoms with Crippen molar-refractivity contribution in [3.8, 4) is 22.8 Å². The number of hydrogen-bond acceptors (Lipinski definition) is 5. The lowest BCUT2D eigenvalue weighted by molar-refractivity contribution is 0.0793. The number of carbonyl (C=O) groups excluding carboxylic acids is 1. The topological polar surface area (TPSA) is 72.4 Å². The van der Waals surface area contributed by atoms with Crippen LogP contribution >= 0.6 is 0 Å². The number of aromatic nitrogens is 2. The maximum absolute atomic E-state index is 12.7. The van der Waals surface area contributed by atoms with Gasteiger partial charge in [-0.25, -0.2) is 4.98 Å². The molecule has 1 aliphatic rings. The van der Waals surface area contributed by atoms with Crippen molar-refractivity contribution in [2.45, 2.75) is 12.8 Å². The van der Waals surface area contributed by atoms with Crippen molar-refractivity contribution < 1.29 is 13.7 Å². The Morgan fingerprint density at radius 3 is 2.67 bits per heavy atom. The van der Waals surface area contributed by atoms with Crippen LogP contribution in [0.15, 0.2) is 63.7 Å². The highest BCUT2D eigenvalue weighted by Crippen LogP contribution is 2.30. The fourth-order valence-corrected chi connectivity index (χ4v) is 3.46. The molecule has 1 fully saturated rings. The summed E-state index contributed by atoms with van der Waals surface area (Å²) in [7, 11) is 0. The van der Waals surface area contributed by atoms with Gasteiger partial charge in [0.1, 0.15) is 17.7 Å². The quantitative estimate of drug-likeness (QED) is 0.542. The second-order valence-corrected chi connectivity index (χ2v) is 6.65. The monoisotopic (exact) mass is 359 g/mol. The van der Waals surface area contributed by atoms with Crippen molar-refractivity contribution in [1.29, 1.82) is 0 Å². The Morgan fingerprint density at radius 2 is 1.85 bits per heavy atom. The molecule has 1 amide bonds. The van der Waals surface area contributed by atoms with E-state index in [9.17, 15) is 4.79 Å². The van der Waals surface area contributed by atoms with Gasteiger partial charge in [-0.05, 0) is 43.2 Å². The van der Waals surface area contributed by atoms with Crippen LogP contribution in [0.5, 0.6) is 0 Å². The molecule has 6 heteroatoms. The summed E-state index contributed by atoms with van der Waals surface area (Å²) in [6.45, 7) is 1.63. The second kappa shape index (κ2) is 6.39. The Bertz CT molecular complexity index is 1110. The SMILES string of the molecule is O=C(c1ccc2onc(-c3coc(-c4ccccc4)n3)c2c1)N1CCCC1. The second-order valence-electron chi connectivity index (χ2n) is 6.65. The standard InChI is InChI=1S/C21H17N3O3/c25-21(24-10-4-5-11-24)15-8-9-18-16(12-15)19(23-27-18)17-13-26-20(22-17)14-6-2-1-3-7-14/h1-3,6-9,12-13H,4-5,10-11H2. The van der Waals surface area contributed by atoms with E-state index in [1.165, 1.54) is 0 Å². The molecule has 0 atom stereocenters. The molecule has 2 aromatic carbocycles. The lowest BCUT2D eigenvalue weighted by atomic mass is 10.1. The summed E-state index contributed by atoms with van der Waals surface area (Å²) in [5.41, 5.74) is 3.31. The van der Waals surface area contributed by atoms with Gasteiger partial charge in [-0.1, -0.05) is 23.4 Å². The van der Waals surface area contributed by atoms with Crippen LogP contribution in [0.1, 0.15) is 23.2 Å². The maximum Gasteiger partial charge on any atom is 0.253 e. The van der Waals surface area contributed by atoms with Crippen molar-refractivity contribution in [1.82, 2.24) is 15.0 Å². The van der Waals surface area contributed by atoms with Crippen molar-refractivity contribution in [3.63, 3.8) is 0 Å². The lowest BCUT2D eigenvalue weighted by Gasteiger charge is -2.14. The van der Waals surface area contributed by atoms with Gasteiger partial charge in [0.05, 0.1) is 5.39 Å². The number of amides is 1. The highest BCUT2D eigenvalue weighted by atomic mass is 16.5. The molecule has 0 spiro atoms. The van der Waals surface area contributed by atoms with E-state index < -0.39 is 0 Å². The van der Waals surface area contributed by atoms with Crippen LogP contribution in [-0.4, -0.2) is 34.0 Å². The first kappa shape index (κ1) is 15.8. The minimum atomic E-state index is 0.0478. The van der Waals surface area contributed by atoms with E-state index in [1.54, 1.807) is 18.4 Å². The molecule has 2 aromatic heterocycles.